The average Bonchev–Trinajstić information content (AvgIpc) is 2.99. The van der Waals surface area contributed by atoms with Gasteiger partial charge in [0, 0.05) is 36.6 Å². The van der Waals surface area contributed by atoms with E-state index in [1.807, 2.05) is 0 Å². The van der Waals surface area contributed by atoms with Crippen molar-refractivity contribution in [1.29, 1.82) is 0 Å². The molecule has 0 radical (unpaired) electrons. The number of aromatic nitrogens is 1. The number of ether oxygens (including phenoxy) is 1. The van der Waals surface area contributed by atoms with Crippen molar-refractivity contribution in [1.82, 2.24) is 15.2 Å². The molecule has 22 heavy (non-hydrogen) atoms. The fraction of sp³-hybridized carbons (Fsp3) is 0.438. The number of nitrogens with one attached hydrogen (secondary N) is 2. The number of fused-ring (bicyclic) bond motifs is 1. The van der Waals surface area contributed by atoms with Crippen molar-refractivity contribution in [2.24, 2.45) is 0 Å². The molecule has 5 nitrogen and oxygen atoms in total. The van der Waals surface area contributed by atoms with Gasteiger partial charge in [0.15, 0.2) is 0 Å². The number of carbonyl (C=O) groups excluding carboxylic acids is 1. The Morgan fingerprint density at radius 3 is 2.95 bits per heavy atom. The highest BCUT2D eigenvalue weighted by atomic mass is 19.1. The molecule has 2 heterocycles. The first-order chi connectivity index (χ1) is 10.6. The van der Waals surface area contributed by atoms with E-state index in [2.05, 4.69) is 22.1 Å². The minimum absolute atomic E-state index is 0.212. The number of hydrogen-bond donors (Lipinski definition) is 2. The van der Waals surface area contributed by atoms with Crippen LogP contribution in [0.5, 0.6) is 0 Å². The Morgan fingerprint density at radius 2 is 2.23 bits per heavy atom. The number of H-pyrrole nitrogens is 1. The van der Waals surface area contributed by atoms with Crippen LogP contribution in [0.3, 0.4) is 0 Å². The molecule has 0 saturated carbocycles. The van der Waals surface area contributed by atoms with Gasteiger partial charge in [0.2, 0.25) is 0 Å². The normalized spacial score (nSPS) is 17.5. The first-order valence-electron chi connectivity index (χ1n) is 7.52. The number of rotatable bonds is 4. The highest BCUT2D eigenvalue weighted by Gasteiger charge is 2.18. The van der Waals surface area contributed by atoms with Crippen LogP contribution in [0.25, 0.3) is 10.9 Å². The number of aromatic amines is 1. The third-order valence-electron chi connectivity index (χ3n) is 4.08. The molecule has 0 aliphatic carbocycles. The Kier molecular flexibility index (Phi) is 4.40. The predicted octanol–water partition coefficient (Wildman–Crippen LogP) is 1.76. The van der Waals surface area contributed by atoms with Crippen molar-refractivity contribution in [3.05, 3.63) is 35.8 Å². The van der Waals surface area contributed by atoms with Gasteiger partial charge in [0.25, 0.3) is 5.91 Å². The van der Waals surface area contributed by atoms with Gasteiger partial charge in [-0.05, 0) is 25.1 Å². The van der Waals surface area contributed by atoms with Crippen molar-refractivity contribution in [3.8, 4) is 0 Å². The molecule has 0 spiro atoms. The van der Waals surface area contributed by atoms with E-state index in [9.17, 15) is 9.18 Å². The molecule has 1 amide bonds. The average molecular weight is 305 g/mol. The number of morpholine rings is 1. The Morgan fingerprint density at radius 1 is 1.45 bits per heavy atom. The van der Waals surface area contributed by atoms with Crippen LogP contribution < -0.4 is 5.32 Å². The van der Waals surface area contributed by atoms with Crippen LogP contribution in [-0.2, 0) is 4.74 Å². The van der Waals surface area contributed by atoms with E-state index < -0.39 is 0 Å². The van der Waals surface area contributed by atoms with E-state index in [0.29, 0.717) is 23.1 Å². The van der Waals surface area contributed by atoms with Crippen LogP contribution in [0.4, 0.5) is 4.39 Å². The largest absolute Gasteiger partial charge is 0.379 e. The van der Waals surface area contributed by atoms with E-state index in [-0.39, 0.29) is 17.8 Å². The van der Waals surface area contributed by atoms with Crippen LogP contribution in [0.2, 0.25) is 0 Å². The van der Waals surface area contributed by atoms with Crippen molar-refractivity contribution in [3.63, 3.8) is 0 Å². The second-order valence-corrected chi connectivity index (χ2v) is 5.59. The zero-order valence-electron chi connectivity index (χ0n) is 12.6. The number of nitrogens with zero attached hydrogens (tertiary/aromatic N) is 1. The molecule has 1 fully saturated rings. The van der Waals surface area contributed by atoms with Gasteiger partial charge in [-0.15, -0.1) is 0 Å². The maximum atomic E-state index is 13.6. The Labute approximate surface area is 128 Å². The Balaban J connectivity index is 1.62. The van der Waals surface area contributed by atoms with Crippen molar-refractivity contribution >= 4 is 16.8 Å². The van der Waals surface area contributed by atoms with Crippen LogP contribution in [0, 0.1) is 5.82 Å². The standard InChI is InChI=1S/C16H20FN3O2/c1-11(20-5-7-22-8-6-20)10-18-16(21)15-9-12-13(17)3-2-4-14(12)19-15/h2-4,9,11,19H,5-8,10H2,1H3,(H,18,21). The van der Waals surface area contributed by atoms with Gasteiger partial charge in [0.1, 0.15) is 11.5 Å². The number of halogens is 1. The summed E-state index contributed by atoms with van der Waals surface area (Å²) in [6.07, 6.45) is 0. The zero-order chi connectivity index (χ0) is 15.5. The van der Waals surface area contributed by atoms with Gasteiger partial charge in [-0.1, -0.05) is 6.07 Å². The highest BCUT2D eigenvalue weighted by Crippen LogP contribution is 2.18. The van der Waals surface area contributed by atoms with E-state index in [1.54, 1.807) is 18.2 Å². The molecule has 1 aromatic carbocycles. The fourth-order valence-corrected chi connectivity index (χ4v) is 2.72. The fourth-order valence-electron chi connectivity index (χ4n) is 2.72. The summed E-state index contributed by atoms with van der Waals surface area (Å²) in [5.74, 6) is -0.537. The monoisotopic (exact) mass is 305 g/mol. The summed E-state index contributed by atoms with van der Waals surface area (Å²) in [5.41, 5.74) is 1.01. The second-order valence-electron chi connectivity index (χ2n) is 5.59. The van der Waals surface area contributed by atoms with Gasteiger partial charge in [-0.3, -0.25) is 9.69 Å². The van der Waals surface area contributed by atoms with Gasteiger partial charge >= 0.3 is 0 Å². The summed E-state index contributed by atoms with van der Waals surface area (Å²) < 4.78 is 19.0. The molecular formula is C16H20FN3O2. The summed E-state index contributed by atoms with van der Waals surface area (Å²) in [5, 5.41) is 3.34. The lowest BCUT2D eigenvalue weighted by Gasteiger charge is -2.32. The maximum Gasteiger partial charge on any atom is 0.267 e. The van der Waals surface area contributed by atoms with E-state index in [1.165, 1.54) is 6.07 Å². The summed E-state index contributed by atoms with van der Waals surface area (Å²) in [7, 11) is 0. The minimum atomic E-state index is -0.325. The van der Waals surface area contributed by atoms with E-state index >= 15 is 0 Å². The molecule has 6 heteroatoms. The first-order valence-corrected chi connectivity index (χ1v) is 7.52. The summed E-state index contributed by atoms with van der Waals surface area (Å²) in [6.45, 7) is 5.87. The molecule has 3 rings (SSSR count). The number of hydrogen-bond acceptors (Lipinski definition) is 3. The molecule has 118 valence electrons. The van der Waals surface area contributed by atoms with Gasteiger partial charge in [-0.2, -0.15) is 0 Å². The smallest absolute Gasteiger partial charge is 0.267 e. The van der Waals surface area contributed by atoms with E-state index in [4.69, 9.17) is 4.74 Å². The van der Waals surface area contributed by atoms with Crippen molar-refractivity contribution in [2.45, 2.75) is 13.0 Å². The second kappa shape index (κ2) is 6.46. The maximum absolute atomic E-state index is 13.6. The Bertz CT molecular complexity index is 664. The third kappa shape index (κ3) is 3.13. The number of amides is 1. The molecule has 1 aromatic heterocycles. The molecule has 2 N–H and O–H groups in total. The minimum Gasteiger partial charge on any atom is -0.379 e. The zero-order valence-corrected chi connectivity index (χ0v) is 12.6. The van der Waals surface area contributed by atoms with Crippen molar-refractivity contribution < 1.29 is 13.9 Å². The van der Waals surface area contributed by atoms with Crippen LogP contribution >= 0.6 is 0 Å². The topological polar surface area (TPSA) is 57.4 Å². The third-order valence-corrected chi connectivity index (χ3v) is 4.08. The van der Waals surface area contributed by atoms with Crippen LogP contribution in [0.15, 0.2) is 24.3 Å². The molecular weight excluding hydrogens is 285 g/mol. The lowest BCUT2D eigenvalue weighted by Crippen LogP contribution is -2.47. The lowest BCUT2D eigenvalue weighted by molar-refractivity contribution is 0.0204. The lowest BCUT2D eigenvalue weighted by atomic mass is 10.2. The van der Waals surface area contributed by atoms with Crippen LogP contribution in [-0.4, -0.2) is 54.7 Å². The van der Waals surface area contributed by atoms with Crippen LogP contribution in [0.1, 0.15) is 17.4 Å². The molecule has 0 bridgehead atoms. The molecule has 1 saturated heterocycles. The highest BCUT2D eigenvalue weighted by molar-refractivity contribution is 5.98. The van der Waals surface area contributed by atoms with Crippen molar-refractivity contribution in [2.75, 3.05) is 32.8 Å². The first kappa shape index (κ1) is 15.0. The number of carbonyl (C=O) groups is 1. The summed E-state index contributed by atoms with van der Waals surface area (Å²) >= 11 is 0. The molecule has 1 atom stereocenters. The molecule has 1 aliphatic heterocycles. The SMILES string of the molecule is CC(CNC(=O)c1cc2c(F)cccc2[nH]1)N1CCOCC1. The Hall–Kier alpha value is -1.92. The summed E-state index contributed by atoms with van der Waals surface area (Å²) in [4.78, 5) is 17.4. The van der Waals surface area contributed by atoms with Gasteiger partial charge in [0.05, 0.1) is 13.2 Å². The molecule has 2 aromatic rings. The molecule has 1 aliphatic rings. The number of benzene rings is 1. The van der Waals surface area contributed by atoms with E-state index in [0.717, 1.165) is 26.3 Å². The predicted molar refractivity (Wildman–Crippen MR) is 82.4 cm³/mol. The van der Waals surface area contributed by atoms with Gasteiger partial charge < -0.3 is 15.0 Å². The molecule has 1 unspecified atom stereocenters. The quantitative estimate of drug-likeness (QED) is 0.905. The van der Waals surface area contributed by atoms with Gasteiger partial charge in [-0.25, -0.2) is 4.39 Å². The summed E-state index contributed by atoms with van der Waals surface area (Å²) in [6, 6.07) is 6.56.